The molecule has 0 aromatic heterocycles. The number of hydrogen-bond acceptors (Lipinski definition) is 3. The van der Waals surface area contributed by atoms with Gasteiger partial charge in [-0.15, -0.1) is 0 Å². The molecule has 0 heterocycles. The molecule has 0 saturated heterocycles. The zero-order chi connectivity index (χ0) is 13.2. The van der Waals surface area contributed by atoms with E-state index >= 15 is 0 Å². The highest BCUT2D eigenvalue weighted by atomic mass is 16.5. The average Bonchev–Trinajstić information content (AvgIpc) is 2.39. The lowest BCUT2D eigenvalue weighted by Crippen LogP contribution is -2.37. The minimum Gasteiger partial charge on any atom is -0.507 e. The van der Waals surface area contributed by atoms with Gasteiger partial charge in [-0.1, -0.05) is 25.3 Å². The molecule has 1 aliphatic carbocycles. The maximum Gasteiger partial charge on any atom is 0.314 e. The summed E-state index contributed by atoms with van der Waals surface area (Å²) in [6, 6.07) is 4.86. The first-order valence-electron chi connectivity index (χ1n) is 6.21. The summed E-state index contributed by atoms with van der Waals surface area (Å²) in [6.07, 6.45) is 4.01. The van der Waals surface area contributed by atoms with E-state index in [0.717, 1.165) is 19.3 Å². The SMILES string of the molecule is COc1ccc(C2(C(=O)O)CCCCC2)c(O)c1. The van der Waals surface area contributed by atoms with Crippen molar-refractivity contribution in [2.45, 2.75) is 37.5 Å². The van der Waals surface area contributed by atoms with Crippen LogP contribution < -0.4 is 4.74 Å². The van der Waals surface area contributed by atoms with Crippen LogP contribution in [0.3, 0.4) is 0 Å². The first-order chi connectivity index (χ1) is 8.60. The van der Waals surface area contributed by atoms with Crippen molar-refractivity contribution in [1.82, 2.24) is 0 Å². The molecule has 0 unspecified atom stereocenters. The van der Waals surface area contributed by atoms with Crippen LogP contribution in [-0.4, -0.2) is 23.3 Å². The van der Waals surface area contributed by atoms with Gasteiger partial charge in [0.15, 0.2) is 0 Å². The zero-order valence-electron chi connectivity index (χ0n) is 10.5. The van der Waals surface area contributed by atoms with Gasteiger partial charge in [0, 0.05) is 11.6 Å². The highest BCUT2D eigenvalue weighted by molar-refractivity contribution is 5.82. The smallest absolute Gasteiger partial charge is 0.314 e. The van der Waals surface area contributed by atoms with Crippen LogP contribution in [0.4, 0.5) is 0 Å². The van der Waals surface area contributed by atoms with Crippen molar-refractivity contribution >= 4 is 5.97 Å². The van der Waals surface area contributed by atoms with Crippen LogP contribution in [0.2, 0.25) is 0 Å². The molecule has 0 bridgehead atoms. The number of benzene rings is 1. The van der Waals surface area contributed by atoms with E-state index in [2.05, 4.69) is 0 Å². The highest BCUT2D eigenvalue weighted by Gasteiger charge is 2.43. The van der Waals surface area contributed by atoms with Gasteiger partial charge in [0.2, 0.25) is 0 Å². The molecule has 18 heavy (non-hydrogen) atoms. The first kappa shape index (κ1) is 12.7. The van der Waals surface area contributed by atoms with Crippen molar-refractivity contribution < 1.29 is 19.7 Å². The number of phenolic OH excluding ortho intramolecular Hbond substituents is 1. The number of rotatable bonds is 3. The number of carboxylic acid groups (broad SMARTS) is 1. The normalized spacial score (nSPS) is 18.3. The zero-order valence-corrected chi connectivity index (χ0v) is 10.5. The summed E-state index contributed by atoms with van der Waals surface area (Å²) in [5.74, 6) is -0.297. The van der Waals surface area contributed by atoms with Crippen molar-refractivity contribution in [3.05, 3.63) is 23.8 Å². The van der Waals surface area contributed by atoms with Gasteiger partial charge >= 0.3 is 5.97 Å². The number of carboxylic acids is 1. The van der Waals surface area contributed by atoms with Gasteiger partial charge in [-0.2, -0.15) is 0 Å². The van der Waals surface area contributed by atoms with Gasteiger partial charge in [-0.05, 0) is 18.9 Å². The third-order valence-corrected chi connectivity index (χ3v) is 3.84. The molecule has 1 aromatic rings. The van der Waals surface area contributed by atoms with Gasteiger partial charge < -0.3 is 14.9 Å². The predicted molar refractivity (Wildman–Crippen MR) is 67.1 cm³/mol. The molecule has 2 N–H and O–H groups in total. The fourth-order valence-electron chi connectivity index (χ4n) is 2.80. The minimum absolute atomic E-state index is 0.0126. The summed E-state index contributed by atoms with van der Waals surface area (Å²) in [4.78, 5) is 11.6. The lowest BCUT2D eigenvalue weighted by Gasteiger charge is -2.34. The Labute approximate surface area is 106 Å². The van der Waals surface area contributed by atoms with Crippen molar-refractivity contribution in [2.75, 3.05) is 7.11 Å². The Morgan fingerprint density at radius 2 is 1.94 bits per heavy atom. The summed E-state index contributed by atoms with van der Waals surface area (Å²) in [5, 5.41) is 19.6. The van der Waals surface area contributed by atoms with E-state index in [1.165, 1.54) is 13.2 Å². The van der Waals surface area contributed by atoms with Crippen LogP contribution in [0.5, 0.6) is 11.5 Å². The van der Waals surface area contributed by atoms with E-state index in [0.29, 0.717) is 24.2 Å². The molecule has 4 nitrogen and oxygen atoms in total. The van der Waals surface area contributed by atoms with Crippen LogP contribution in [0, 0.1) is 0 Å². The molecule has 0 aliphatic heterocycles. The number of aromatic hydroxyl groups is 1. The fourth-order valence-corrected chi connectivity index (χ4v) is 2.80. The van der Waals surface area contributed by atoms with Crippen molar-refractivity contribution in [1.29, 1.82) is 0 Å². The van der Waals surface area contributed by atoms with E-state index in [4.69, 9.17) is 4.74 Å². The number of ether oxygens (including phenoxy) is 1. The first-order valence-corrected chi connectivity index (χ1v) is 6.21. The molecule has 1 aromatic carbocycles. The second-order valence-corrected chi connectivity index (χ2v) is 4.83. The Balaban J connectivity index is 2.45. The summed E-state index contributed by atoms with van der Waals surface area (Å²) in [7, 11) is 1.52. The van der Waals surface area contributed by atoms with Gasteiger partial charge in [-0.3, -0.25) is 4.79 Å². The molecule has 0 atom stereocenters. The van der Waals surface area contributed by atoms with Gasteiger partial charge in [0.25, 0.3) is 0 Å². The maximum atomic E-state index is 11.6. The molecule has 1 aliphatic rings. The predicted octanol–water partition coefficient (Wildman–Crippen LogP) is 2.69. The second kappa shape index (κ2) is 4.88. The molecule has 1 saturated carbocycles. The summed E-state index contributed by atoms with van der Waals surface area (Å²) in [6.45, 7) is 0. The molecule has 4 heteroatoms. The van der Waals surface area contributed by atoms with Gasteiger partial charge in [0.1, 0.15) is 11.5 Å². The highest BCUT2D eigenvalue weighted by Crippen LogP contribution is 2.44. The Bertz CT molecular complexity index is 447. The van der Waals surface area contributed by atoms with Gasteiger partial charge in [0.05, 0.1) is 12.5 Å². The van der Waals surface area contributed by atoms with E-state index in [9.17, 15) is 15.0 Å². The summed E-state index contributed by atoms with van der Waals surface area (Å²) >= 11 is 0. The largest absolute Gasteiger partial charge is 0.507 e. The fraction of sp³-hybridized carbons (Fsp3) is 0.500. The lowest BCUT2D eigenvalue weighted by atomic mass is 9.69. The standard InChI is InChI=1S/C14H18O4/c1-18-10-5-6-11(12(15)9-10)14(13(16)17)7-3-2-4-8-14/h5-6,9,15H,2-4,7-8H2,1H3,(H,16,17). The van der Waals surface area contributed by atoms with E-state index in [1.807, 2.05) is 0 Å². The molecule has 2 rings (SSSR count). The quantitative estimate of drug-likeness (QED) is 0.865. The van der Waals surface area contributed by atoms with Crippen LogP contribution >= 0.6 is 0 Å². The Morgan fingerprint density at radius 3 is 2.44 bits per heavy atom. The molecular formula is C14H18O4. The second-order valence-electron chi connectivity index (χ2n) is 4.83. The topological polar surface area (TPSA) is 66.8 Å². The average molecular weight is 250 g/mol. The Morgan fingerprint density at radius 1 is 1.28 bits per heavy atom. The Kier molecular flexibility index (Phi) is 3.45. The van der Waals surface area contributed by atoms with E-state index in [1.54, 1.807) is 12.1 Å². The number of aliphatic carboxylic acids is 1. The van der Waals surface area contributed by atoms with Crippen molar-refractivity contribution in [3.63, 3.8) is 0 Å². The molecule has 1 fully saturated rings. The van der Waals surface area contributed by atoms with Crippen molar-refractivity contribution in [3.8, 4) is 11.5 Å². The lowest BCUT2D eigenvalue weighted by molar-refractivity contribution is -0.145. The maximum absolute atomic E-state index is 11.6. The number of methoxy groups -OCH3 is 1. The Hall–Kier alpha value is -1.71. The van der Waals surface area contributed by atoms with E-state index < -0.39 is 11.4 Å². The third kappa shape index (κ3) is 2.03. The van der Waals surface area contributed by atoms with E-state index in [-0.39, 0.29) is 5.75 Å². The number of hydrogen-bond donors (Lipinski definition) is 2. The number of phenols is 1. The van der Waals surface area contributed by atoms with Crippen LogP contribution in [0.15, 0.2) is 18.2 Å². The molecule has 0 amide bonds. The molecular weight excluding hydrogens is 232 g/mol. The van der Waals surface area contributed by atoms with Crippen molar-refractivity contribution in [2.24, 2.45) is 0 Å². The molecule has 98 valence electrons. The summed E-state index contributed by atoms with van der Waals surface area (Å²) in [5.41, 5.74) is -0.426. The minimum atomic E-state index is -0.936. The van der Waals surface area contributed by atoms with Crippen LogP contribution in [0.25, 0.3) is 0 Å². The van der Waals surface area contributed by atoms with Gasteiger partial charge in [-0.25, -0.2) is 0 Å². The molecule has 0 radical (unpaired) electrons. The third-order valence-electron chi connectivity index (χ3n) is 3.84. The molecule has 0 spiro atoms. The number of carbonyl (C=O) groups is 1. The summed E-state index contributed by atoms with van der Waals surface area (Å²) < 4.78 is 5.02. The van der Waals surface area contributed by atoms with Crippen LogP contribution in [-0.2, 0) is 10.2 Å². The monoisotopic (exact) mass is 250 g/mol. The van der Waals surface area contributed by atoms with Crippen LogP contribution in [0.1, 0.15) is 37.7 Å².